The molecule has 0 spiro atoms. The number of benzene rings is 3. The van der Waals surface area contributed by atoms with E-state index in [0.717, 1.165) is 29.1 Å². The van der Waals surface area contributed by atoms with E-state index in [1.165, 1.54) is 5.56 Å². The summed E-state index contributed by atoms with van der Waals surface area (Å²) in [4.78, 5) is 20.9. The highest BCUT2D eigenvalue weighted by Gasteiger charge is 2.39. The van der Waals surface area contributed by atoms with Crippen molar-refractivity contribution in [2.75, 3.05) is 5.32 Å². The van der Waals surface area contributed by atoms with E-state index in [4.69, 9.17) is 0 Å². The van der Waals surface area contributed by atoms with Gasteiger partial charge in [0.2, 0.25) is 0 Å². The summed E-state index contributed by atoms with van der Waals surface area (Å²) in [5, 5.41) is 6.53. The zero-order valence-electron chi connectivity index (χ0n) is 16.9. The molecule has 5 nitrogen and oxygen atoms in total. The third kappa shape index (κ3) is 4.46. The Bertz CT molecular complexity index is 1180. The first kappa shape index (κ1) is 19.0. The maximum Gasteiger partial charge on any atom is 0.251 e. The van der Waals surface area contributed by atoms with E-state index in [-0.39, 0.29) is 11.9 Å². The van der Waals surface area contributed by atoms with E-state index in [1.807, 2.05) is 72.8 Å². The van der Waals surface area contributed by atoms with Gasteiger partial charge < -0.3 is 10.6 Å². The minimum absolute atomic E-state index is 0.0359. The molecule has 1 amide bonds. The summed E-state index contributed by atoms with van der Waals surface area (Å²) in [5.41, 5.74) is 5.67. The molecule has 5 heteroatoms. The third-order valence-electron chi connectivity index (χ3n) is 5.51. The lowest BCUT2D eigenvalue weighted by atomic mass is 10.1. The van der Waals surface area contributed by atoms with Crippen molar-refractivity contribution in [3.8, 4) is 11.3 Å². The Balaban J connectivity index is 1.23. The number of nitrogens with one attached hydrogen (secondary N) is 2. The normalized spacial score (nSPS) is 17.0. The number of anilines is 2. The Kier molecular flexibility index (Phi) is 5.15. The van der Waals surface area contributed by atoms with Crippen LogP contribution in [0.1, 0.15) is 28.3 Å². The van der Waals surface area contributed by atoms with Gasteiger partial charge in [-0.05, 0) is 48.4 Å². The molecule has 0 unspecified atom stereocenters. The first-order chi connectivity index (χ1) is 15.3. The summed E-state index contributed by atoms with van der Waals surface area (Å²) in [6.45, 7) is 0. The number of nitrogens with zero attached hydrogens (tertiary/aromatic N) is 2. The lowest BCUT2D eigenvalue weighted by Crippen LogP contribution is -2.26. The molecule has 31 heavy (non-hydrogen) atoms. The number of amides is 1. The van der Waals surface area contributed by atoms with Crippen molar-refractivity contribution in [3.63, 3.8) is 0 Å². The molecule has 2 N–H and O–H groups in total. The minimum atomic E-state index is -0.0359. The average molecular weight is 406 g/mol. The minimum Gasteiger partial charge on any atom is -0.356 e. The second-order valence-corrected chi connectivity index (χ2v) is 7.71. The van der Waals surface area contributed by atoms with Gasteiger partial charge in [-0.1, -0.05) is 48.5 Å². The van der Waals surface area contributed by atoms with Crippen molar-refractivity contribution in [1.29, 1.82) is 0 Å². The van der Waals surface area contributed by atoms with Gasteiger partial charge in [-0.2, -0.15) is 0 Å². The number of carbonyl (C=O) groups is 1. The molecule has 1 aromatic heterocycles. The molecule has 1 heterocycles. The van der Waals surface area contributed by atoms with E-state index >= 15 is 0 Å². The van der Waals surface area contributed by atoms with Gasteiger partial charge in [-0.3, -0.25) is 4.79 Å². The van der Waals surface area contributed by atoms with Crippen molar-refractivity contribution >= 4 is 17.3 Å². The van der Waals surface area contributed by atoms with Crippen LogP contribution in [0.4, 0.5) is 11.4 Å². The van der Waals surface area contributed by atoms with Crippen LogP contribution in [0.3, 0.4) is 0 Å². The van der Waals surface area contributed by atoms with Crippen molar-refractivity contribution < 1.29 is 4.79 Å². The second kappa shape index (κ2) is 8.40. The molecule has 1 saturated carbocycles. The predicted molar refractivity (Wildman–Crippen MR) is 122 cm³/mol. The fraction of sp³-hybridized carbons (Fsp3) is 0.115. The van der Waals surface area contributed by atoms with Gasteiger partial charge in [0, 0.05) is 40.7 Å². The average Bonchev–Trinajstić information content (AvgIpc) is 3.60. The highest BCUT2D eigenvalue weighted by Crippen LogP contribution is 2.40. The van der Waals surface area contributed by atoms with E-state index in [2.05, 4.69) is 32.7 Å². The molecule has 5 rings (SSSR count). The Morgan fingerprint density at radius 2 is 1.71 bits per heavy atom. The van der Waals surface area contributed by atoms with Crippen molar-refractivity contribution in [2.45, 2.75) is 18.4 Å². The first-order valence-electron chi connectivity index (χ1n) is 10.4. The molecule has 0 aliphatic heterocycles. The van der Waals surface area contributed by atoms with Crippen LogP contribution < -0.4 is 10.6 Å². The fourth-order valence-electron chi connectivity index (χ4n) is 3.77. The number of aromatic nitrogens is 2. The molecule has 4 aromatic rings. The molecule has 0 radical (unpaired) electrons. The Morgan fingerprint density at radius 3 is 2.48 bits per heavy atom. The maximum absolute atomic E-state index is 12.7. The molecule has 1 fully saturated rings. The summed E-state index contributed by atoms with van der Waals surface area (Å²) in [6.07, 6.45) is 4.27. The van der Waals surface area contributed by atoms with Crippen molar-refractivity contribution in [2.24, 2.45) is 0 Å². The molecule has 152 valence electrons. The Labute approximate surface area is 181 Å². The SMILES string of the molecule is O=C(N[C@@H]1C[C@H]1c1ccccc1)c1cccc(Nc2ccc(-c3ccncn3)cc2)c1. The lowest BCUT2D eigenvalue weighted by molar-refractivity contribution is 0.0950. The smallest absolute Gasteiger partial charge is 0.251 e. The molecule has 1 aliphatic carbocycles. The van der Waals surface area contributed by atoms with Crippen LogP contribution in [0, 0.1) is 0 Å². The molecule has 1 aliphatic rings. The lowest BCUT2D eigenvalue weighted by Gasteiger charge is -2.10. The van der Waals surface area contributed by atoms with Crippen LogP contribution in [0.25, 0.3) is 11.3 Å². The maximum atomic E-state index is 12.7. The molecular weight excluding hydrogens is 384 g/mol. The number of hydrogen-bond acceptors (Lipinski definition) is 4. The predicted octanol–water partition coefficient (Wildman–Crippen LogP) is 5.17. The van der Waals surface area contributed by atoms with Gasteiger partial charge in [0.05, 0.1) is 5.69 Å². The van der Waals surface area contributed by atoms with Gasteiger partial charge >= 0.3 is 0 Å². The quantitative estimate of drug-likeness (QED) is 0.463. The van der Waals surface area contributed by atoms with Gasteiger partial charge in [-0.25, -0.2) is 9.97 Å². The Morgan fingerprint density at radius 1 is 0.871 bits per heavy atom. The standard InChI is InChI=1S/C26H22N4O/c31-26(30-25-16-23(25)18-5-2-1-3-6-18)20-7-4-8-22(15-20)29-21-11-9-19(10-12-21)24-13-14-27-17-28-24/h1-15,17,23,25,29H,16H2,(H,30,31)/t23-,25+/m0/s1. The zero-order valence-corrected chi connectivity index (χ0v) is 16.9. The van der Waals surface area contributed by atoms with Crippen LogP contribution >= 0.6 is 0 Å². The number of rotatable bonds is 6. The molecular formula is C26H22N4O. The summed E-state index contributed by atoms with van der Waals surface area (Å²) >= 11 is 0. The molecule has 3 aromatic carbocycles. The topological polar surface area (TPSA) is 66.9 Å². The zero-order chi connectivity index (χ0) is 21.0. The molecule has 0 bridgehead atoms. The monoisotopic (exact) mass is 406 g/mol. The van der Waals surface area contributed by atoms with Crippen LogP contribution in [-0.2, 0) is 0 Å². The number of hydrogen-bond donors (Lipinski definition) is 2. The van der Waals surface area contributed by atoms with Gasteiger partial charge in [-0.15, -0.1) is 0 Å². The van der Waals surface area contributed by atoms with Crippen molar-refractivity contribution in [3.05, 3.63) is 109 Å². The second-order valence-electron chi connectivity index (χ2n) is 7.71. The van der Waals surface area contributed by atoms with E-state index < -0.39 is 0 Å². The third-order valence-corrected chi connectivity index (χ3v) is 5.51. The van der Waals surface area contributed by atoms with Crippen LogP contribution in [0.15, 0.2) is 97.5 Å². The van der Waals surface area contributed by atoms with E-state index in [0.29, 0.717) is 11.5 Å². The van der Waals surface area contributed by atoms with Gasteiger partial charge in [0.1, 0.15) is 6.33 Å². The van der Waals surface area contributed by atoms with Gasteiger partial charge in [0.25, 0.3) is 5.91 Å². The van der Waals surface area contributed by atoms with Crippen LogP contribution in [0.5, 0.6) is 0 Å². The summed E-state index contributed by atoms with van der Waals surface area (Å²) < 4.78 is 0. The summed E-state index contributed by atoms with van der Waals surface area (Å²) in [6, 6.07) is 28.0. The first-order valence-corrected chi connectivity index (χ1v) is 10.4. The van der Waals surface area contributed by atoms with Gasteiger partial charge in [0.15, 0.2) is 0 Å². The summed E-state index contributed by atoms with van der Waals surface area (Å²) in [5.74, 6) is 0.381. The molecule has 2 atom stereocenters. The highest BCUT2D eigenvalue weighted by molar-refractivity contribution is 5.95. The van der Waals surface area contributed by atoms with Crippen LogP contribution in [-0.4, -0.2) is 21.9 Å². The number of carbonyl (C=O) groups excluding carboxylic acids is 1. The largest absolute Gasteiger partial charge is 0.356 e. The highest BCUT2D eigenvalue weighted by atomic mass is 16.1. The van der Waals surface area contributed by atoms with Crippen LogP contribution in [0.2, 0.25) is 0 Å². The molecule has 0 saturated heterocycles. The summed E-state index contributed by atoms with van der Waals surface area (Å²) in [7, 11) is 0. The van der Waals surface area contributed by atoms with E-state index in [1.54, 1.807) is 12.5 Å². The fourth-order valence-corrected chi connectivity index (χ4v) is 3.77. The van der Waals surface area contributed by atoms with Crippen molar-refractivity contribution in [1.82, 2.24) is 15.3 Å². The Hall–Kier alpha value is -3.99. The van der Waals surface area contributed by atoms with E-state index in [9.17, 15) is 4.79 Å².